The maximum Gasteiger partial charge on any atom is 0.269 e. The second-order valence-corrected chi connectivity index (χ2v) is 9.24. The lowest BCUT2D eigenvalue weighted by atomic mass is 10.2. The molecule has 0 aromatic heterocycles. The molecule has 2 rings (SSSR count). The highest BCUT2D eigenvalue weighted by Gasteiger charge is 2.31. The van der Waals surface area contributed by atoms with E-state index in [0.29, 0.717) is 25.2 Å². The third kappa shape index (κ3) is 6.55. The summed E-state index contributed by atoms with van der Waals surface area (Å²) in [6.45, 7) is 1.08. The molecule has 1 aromatic rings. The lowest BCUT2D eigenvalue weighted by molar-refractivity contribution is -0.384. The number of nitriles is 1. The number of non-ortho nitro benzene ring substituents is 1. The van der Waals surface area contributed by atoms with Gasteiger partial charge in [-0.15, -0.1) is 0 Å². The topological polar surface area (TPSA) is 137 Å². The van der Waals surface area contributed by atoms with E-state index >= 15 is 0 Å². The Hall–Kier alpha value is -2.97. The number of amides is 1. The van der Waals surface area contributed by atoms with Crippen molar-refractivity contribution in [3.63, 3.8) is 0 Å². The van der Waals surface area contributed by atoms with Crippen LogP contribution in [0, 0.1) is 21.4 Å². The van der Waals surface area contributed by atoms with Crippen molar-refractivity contribution in [2.24, 2.45) is 0 Å². The molecule has 1 atom stereocenters. The first-order valence-corrected chi connectivity index (χ1v) is 10.7. The van der Waals surface area contributed by atoms with Crippen LogP contribution in [0.3, 0.4) is 0 Å². The molecule has 1 saturated heterocycles. The number of hydrogen-bond acceptors (Lipinski definition) is 8. The third-order valence-corrected chi connectivity index (χ3v) is 6.23. The molecule has 1 unspecified atom stereocenters. The summed E-state index contributed by atoms with van der Waals surface area (Å²) in [5.41, 5.74) is 0.0211. The second-order valence-electron chi connectivity index (χ2n) is 7.01. The van der Waals surface area contributed by atoms with Crippen molar-refractivity contribution in [2.45, 2.75) is 12.5 Å². The van der Waals surface area contributed by atoms with Gasteiger partial charge in [-0.05, 0) is 32.6 Å². The van der Waals surface area contributed by atoms with Crippen molar-refractivity contribution in [3.8, 4) is 6.07 Å². The Morgan fingerprint density at radius 3 is 2.48 bits per heavy atom. The first-order chi connectivity index (χ1) is 13.6. The second kappa shape index (κ2) is 9.49. The van der Waals surface area contributed by atoms with Crippen molar-refractivity contribution in [3.05, 3.63) is 46.2 Å². The van der Waals surface area contributed by atoms with E-state index in [1.54, 1.807) is 4.90 Å². The molecule has 29 heavy (non-hydrogen) atoms. The van der Waals surface area contributed by atoms with Crippen LogP contribution in [0.2, 0.25) is 0 Å². The van der Waals surface area contributed by atoms with E-state index in [4.69, 9.17) is 0 Å². The first kappa shape index (κ1) is 22.3. The number of carbonyl (C=O) groups is 1. The Kier molecular flexibility index (Phi) is 7.30. The van der Waals surface area contributed by atoms with Crippen LogP contribution in [0.15, 0.2) is 36.0 Å². The Balaban J connectivity index is 2.18. The van der Waals surface area contributed by atoms with Gasteiger partial charge in [-0.25, -0.2) is 8.42 Å². The number of nitrogens with one attached hydrogen (secondary N) is 1. The summed E-state index contributed by atoms with van der Waals surface area (Å²) >= 11 is 0. The zero-order valence-corrected chi connectivity index (χ0v) is 17.1. The molecule has 1 fully saturated rings. The molecule has 1 amide bonds. The number of benzene rings is 1. The average Bonchev–Trinajstić information content (AvgIpc) is 3.01. The molecule has 10 nitrogen and oxygen atoms in total. The highest BCUT2D eigenvalue weighted by Crippen LogP contribution is 2.20. The van der Waals surface area contributed by atoms with Gasteiger partial charge in [0.15, 0.2) is 9.84 Å². The van der Waals surface area contributed by atoms with Gasteiger partial charge >= 0.3 is 0 Å². The molecule has 156 valence electrons. The monoisotopic (exact) mass is 421 g/mol. The maximum atomic E-state index is 12.5. The van der Waals surface area contributed by atoms with Crippen LogP contribution in [-0.4, -0.2) is 73.8 Å². The summed E-state index contributed by atoms with van der Waals surface area (Å²) in [7, 11) is 0.625. The van der Waals surface area contributed by atoms with Crippen molar-refractivity contribution in [1.82, 2.24) is 9.80 Å². The van der Waals surface area contributed by atoms with Crippen LogP contribution in [0.1, 0.15) is 6.42 Å². The Morgan fingerprint density at radius 1 is 1.34 bits per heavy atom. The minimum Gasteiger partial charge on any atom is -0.371 e. The zero-order valence-electron chi connectivity index (χ0n) is 16.2. The lowest BCUT2D eigenvalue weighted by Gasteiger charge is -2.28. The molecule has 0 bridgehead atoms. The number of rotatable bonds is 8. The van der Waals surface area contributed by atoms with Gasteiger partial charge in [-0.2, -0.15) is 5.26 Å². The predicted molar refractivity (Wildman–Crippen MR) is 108 cm³/mol. The summed E-state index contributed by atoms with van der Waals surface area (Å²) in [5, 5.41) is 22.7. The van der Waals surface area contributed by atoms with Gasteiger partial charge in [0.2, 0.25) is 0 Å². The minimum atomic E-state index is -3.12. The van der Waals surface area contributed by atoms with E-state index in [9.17, 15) is 28.6 Å². The molecule has 1 heterocycles. The van der Waals surface area contributed by atoms with E-state index in [2.05, 4.69) is 5.32 Å². The average molecular weight is 421 g/mol. The van der Waals surface area contributed by atoms with Crippen LogP contribution in [-0.2, 0) is 14.6 Å². The number of anilines is 1. The largest absolute Gasteiger partial charge is 0.371 e. The van der Waals surface area contributed by atoms with Crippen molar-refractivity contribution in [2.75, 3.05) is 44.0 Å². The number of hydrogen-bond donors (Lipinski definition) is 1. The van der Waals surface area contributed by atoms with Crippen LogP contribution in [0.25, 0.3) is 0 Å². The van der Waals surface area contributed by atoms with Crippen molar-refractivity contribution < 1.29 is 18.1 Å². The molecule has 1 N–H and O–H groups in total. The molecule has 1 aliphatic heterocycles. The molecule has 0 radical (unpaired) electrons. The van der Waals surface area contributed by atoms with Gasteiger partial charge in [0.05, 0.1) is 16.4 Å². The van der Waals surface area contributed by atoms with E-state index in [0.717, 1.165) is 0 Å². The standard InChI is InChI=1S/C18H23N5O5S/c1-21(2)8-9-22(17-7-10-29(27,28)13-17)12-14(11-19)18(24)20-15-3-5-16(6-4-15)23(25)26/h3-6,12,17H,7-10,13H2,1-2H3,(H,20,24)/b14-12-. The Morgan fingerprint density at radius 2 is 2.00 bits per heavy atom. The summed E-state index contributed by atoms with van der Waals surface area (Å²) in [6.07, 6.45) is 1.84. The van der Waals surface area contributed by atoms with Gasteiger partial charge in [0.1, 0.15) is 11.6 Å². The van der Waals surface area contributed by atoms with E-state index in [-0.39, 0.29) is 28.8 Å². The van der Waals surface area contributed by atoms with Crippen LogP contribution >= 0.6 is 0 Å². The summed E-state index contributed by atoms with van der Waals surface area (Å²) in [5.74, 6) is -0.599. The van der Waals surface area contributed by atoms with Crippen molar-refractivity contribution >= 4 is 27.1 Å². The van der Waals surface area contributed by atoms with Gasteiger partial charge in [-0.1, -0.05) is 0 Å². The molecule has 0 spiro atoms. The van der Waals surface area contributed by atoms with Crippen LogP contribution in [0.5, 0.6) is 0 Å². The van der Waals surface area contributed by atoms with Gasteiger partial charge < -0.3 is 15.1 Å². The van der Waals surface area contributed by atoms with Gasteiger partial charge in [-0.3, -0.25) is 14.9 Å². The number of nitro benzene ring substituents is 1. The molecule has 1 aliphatic rings. The molecular formula is C18H23N5O5S. The van der Waals surface area contributed by atoms with Gasteiger partial charge in [0.25, 0.3) is 11.6 Å². The van der Waals surface area contributed by atoms with E-state index < -0.39 is 20.7 Å². The maximum absolute atomic E-state index is 12.5. The minimum absolute atomic E-state index is 0.0143. The number of sulfone groups is 1. The summed E-state index contributed by atoms with van der Waals surface area (Å²) in [6, 6.07) is 6.80. The fourth-order valence-corrected chi connectivity index (χ4v) is 4.62. The number of nitrogens with zero attached hydrogens (tertiary/aromatic N) is 4. The van der Waals surface area contributed by atoms with Crippen molar-refractivity contribution in [1.29, 1.82) is 5.26 Å². The number of carbonyl (C=O) groups excluding carboxylic acids is 1. The summed E-state index contributed by atoms with van der Waals surface area (Å²) in [4.78, 5) is 26.3. The Bertz CT molecular complexity index is 934. The Labute approximate surface area is 169 Å². The molecule has 11 heteroatoms. The number of likely N-dealkylation sites (N-methyl/N-ethyl adjacent to an activating group) is 1. The third-order valence-electron chi connectivity index (χ3n) is 4.48. The molecule has 0 aliphatic carbocycles. The molecular weight excluding hydrogens is 398 g/mol. The van der Waals surface area contributed by atoms with Crippen LogP contribution < -0.4 is 5.32 Å². The SMILES string of the molecule is CN(C)CCN(/C=C(/C#N)C(=O)Nc1ccc([N+](=O)[O-])cc1)C1CCS(=O)(=O)C1. The fourth-order valence-electron chi connectivity index (χ4n) is 2.87. The predicted octanol–water partition coefficient (Wildman–Crippen LogP) is 0.991. The quantitative estimate of drug-likeness (QED) is 0.284. The smallest absolute Gasteiger partial charge is 0.269 e. The highest BCUT2D eigenvalue weighted by molar-refractivity contribution is 7.91. The first-order valence-electron chi connectivity index (χ1n) is 8.90. The van der Waals surface area contributed by atoms with E-state index in [1.807, 2.05) is 25.1 Å². The number of nitro groups is 1. The fraction of sp³-hybridized carbons (Fsp3) is 0.444. The molecule has 1 aromatic carbocycles. The van der Waals surface area contributed by atoms with E-state index in [1.165, 1.54) is 30.5 Å². The van der Waals surface area contributed by atoms with Crippen LogP contribution in [0.4, 0.5) is 11.4 Å². The zero-order chi connectivity index (χ0) is 21.6. The lowest BCUT2D eigenvalue weighted by Crippen LogP contribution is -2.37. The highest BCUT2D eigenvalue weighted by atomic mass is 32.2. The molecule has 0 saturated carbocycles. The summed E-state index contributed by atoms with van der Waals surface area (Å²) < 4.78 is 23.7. The van der Waals surface area contributed by atoms with Gasteiger partial charge in [0, 0.05) is 43.2 Å². The normalized spacial score (nSPS) is 18.3.